The van der Waals surface area contributed by atoms with E-state index < -0.39 is 0 Å². The first-order chi connectivity index (χ1) is 13.9. The molecular formula is C23H23NO5. The minimum Gasteiger partial charge on any atom is -0.427 e. The Bertz CT molecular complexity index is 948. The average molecular weight is 393 g/mol. The Labute approximate surface area is 169 Å². The molecule has 0 unspecified atom stereocenters. The summed E-state index contributed by atoms with van der Waals surface area (Å²) in [4.78, 5) is 34.3. The van der Waals surface area contributed by atoms with Gasteiger partial charge in [0.05, 0.1) is 6.04 Å². The number of esters is 2. The second-order valence-corrected chi connectivity index (χ2v) is 6.94. The Morgan fingerprint density at radius 2 is 1.55 bits per heavy atom. The zero-order valence-electron chi connectivity index (χ0n) is 16.4. The van der Waals surface area contributed by atoms with E-state index in [0.29, 0.717) is 11.5 Å². The van der Waals surface area contributed by atoms with Crippen molar-refractivity contribution in [2.24, 2.45) is 0 Å². The van der Waals surface area contributed by atoms with Crippen molar-refractivity contribution in [1.29, 1.82) is 0 Å². The van der Waals surface area contributed by atoms with Gasteiger partial charge in [-0.1, -0.05) is 24.8 Å². The highest BCUT2D eigenvalue weighted by Crippen LogP contribution is 2.43. The van der Waals surface area contributed by atoms with Gasteiger partial charge in [-0.25, -0.2) is 0 Å². The van der Waals surface area contributed by atoms with Crippen LogP contribution in [-0.4, -0.2) is 17.8 Å². The molecule has 2 aromatic carbocycles. The minimum absolute atomic E-state index is 0.0590. The van der Waals surface area contributed by atoms with Gasteiger partial charge in [-0.2, -0.15) is 0 Å². The van der Waals surface area contributed by atoms with Crippen molar-refractivity contribution in [2.45, 2.75) is 38.6 Å². The molecule has 1 N–H and O–H groups in total. The molecule has 0 spiro atoms. The summed E-state index contributed by atoms with van der Waals surface area (Å²) in [6.07, 6.45) is 2.81. The van der Waals surface area contributed by atoms with Crippen LogP contribution in [0.3, 0.4) is 0 Å². The van der Waals surface area contributed by atoms with Crippen molar-refractivity contribution in [2.75, 3.05) is 0 Å². The second kappa shape index (κ2) is 8.73. The van der Waals surface area contributed by atoms with Crippen LogP contribution in [0.25, 0.3) is 0 Å². The van der Waals surface area contributed by atoms with E-state index in [2.05, 4.69) is 11.9 Å². The van der Waals surface area contributed by atoms with E-state index in [9.17, 15) is 14.4 Å². The molecule has 3 rings (SSSR count). The topological polar surface area (TPSA) is 81.7 Å². The van der Waals surface area contributed by atoms with Crippen LogP contribution in [0, 0.1) is 0 Å². The highest BCUT2D eigenvalue weighted by atomic mass is 16.5. The summed E-state index contributed by atoms with van der Waals surface area (Å²) in [5.41, 5.74) is 3.02. The lowest BCUT2D eigenvalue weighted by Crippen LogP contribution is -2.30. The molecule has 0 radical (unpaired) electrons. The van der Waals surface area contributed by atoms with Crippen molar-refractivity contribution in [3.63, 3.8) is 0 Å². The maximum atomic E-state index is 11.8. The first-order valence-corrected chi connectivity index (χ1v) is 9.41. The smallest absolute Gasteiger partial charge is 0.308 e. The van der Waals surface area contributed by atoms with E-state index >= 15 is 0 Å². The number of benzene rings is 2. The Morgan fingerprint density at radius 1 is 0.931 bits per heavy atom. The lowest BCUT2D eigenvalue weighted by molar-refractivity contribution is -0.132. The molecule has 0 aromatic heterocycles. The van der Waals surface area contributed by atoms with E-state index in [1.54, 1.807) is 18.2 Å². The summed E-state index contributed by atoms with van der Waals surface area (Å²) in [7, 11) is 0. The maximum Gasteiger partial charge on any atom is 0.308 e. The second-order valence-electron chi connectivity index (χ2n) is 6.94. The van der Waals surface area contributed by atoms with Crippen LogP contribution < -0.4 is 14.8 Å². The van der Waals surface area contributed by atoms with Gasteiger partial charge in [-0.15, -0.1) is 0 Å². The largest absolute Gasteiger partial charge is 0.427 e. The zero-order chi connectivity index (χ0) is 21.0. The molecule has 29 heavy (non-hydrogen) atoms. The van der Waals surface area contributed by atoms with Gasteiger partial charge in [0, 0.05) is 19.8 Å². The zero-order valence-corrected chi connectivity index (χ0v) is 16.4. The van der Waals surface area contributed by atoms with Gasteiger partial charge in [-0.05, 0) is 59.9 Å². The van der Waals surface area contributed by atoms with Gasteiger partial charge in [0.15, 0.2) is 0 Å². The van der Waals surface area contributed by atoms with Crippen LogP contribution in [0.2, 0.25) is 0 Å². The lowest BCUT2D eigenvalue weighted by Gasteiger charge is -2.32. The molecule has 1 amide bonds. The van der Waals surface area contributed by atoms with Crippen LogP contribution in [0.15, 0.2) is 55.1 Å². The molecule has 0 aliphatic heterocycles. The quantitative estimate of drug-likeness (QED) is 0.475. The van der Waals surface area contributed by atoms with Crippen LogP contribution in [0.5, 0.6) is 11.5 Å². The van der Waals surface area contributed by atoms with Crippen molar-refractivity contribution in [3.05, 3.63) is 71.8 Å². The fraction of sp³-hybridized carbons (Fsp3) is 0.261. The van der Waals surface area contributed by atoms with Gasteiger partial charge in [0.25, 0.3) is 0 Å². The van der Waals surface area contributed by atoms with E-state index in [1.807, 2.05) is 24.3 Å². The number of ether oxygens (including phenoxy) is 2. The number of carbonyl (C=O) groups excluding carboxylic acids is 3. The minimum atomic E-state index is -0.389. The van der Waals surface area contributed by atoms with Crippen molar-refractivity contribution in [3.8, 4) is 11.5 Å². The van der Waals surface area contributed by atoms with Gasteiger partial charge >= 0.3 is 11.9 Å². The standard InChI is InChI=1S/C23H23NO5/c1-4-23(27)24-22-12-11-19(16-5-7-17(8-6-16)28-14(2)25)21-13-18(29-15(3)26)9-10-20(21)22/h4-10,13,19,22H,1,11-12H2,2-3H3,(H,24,27)/t19-,22+/m0/s1. The molecule has 0 bridgehead atoms. The molecule has 2 aromatic rings. The molecule has 0 saturated heterocycles. The number of carbonyl (C=O) groups is 3. The summed E-state index contributed by atoms with van der Waals surface area (Å²) in [5, 5.41) is 2.97. The van der Waals surface area contributed by atoms with Crippen LogP contribution in [-0.2, 0) is 14.4 Å². The molecule has 2 atom stereocenters. The Balaban J connectivity index is 1.97. The first kappa shape index (κ1) is 20.3. The number of hydrogen-bond acceptors (Lipinski definition) is 5. The molecule has 1 aliphatic rings. The monoisotopic (exact) mass is 393 g/mol. The van der Waals surface area contributed by atoms with Crippen molar-refractivity contribution in [1.82, 2.24) is 5.32 Å². The summed E-state index contributed by atoms with van der Waals surface area (Å²) >= 11 is 0. The molecular weight excluding hydrogens is 370 g/mol. The van der Waals surface area contributed by atoms with Crippen LogP contribution in [0.1, 0.15) is 55.3 Å². The van der Waals surface area contributed by atoms with Crippen molar-refractivity contribution < 1.29 is 23.9 Å². The highest BCUT2D eigenvalue weighted by Gasteiger charge is 2.29. The predicted molar refractivity (Wildman–Crippen MR) is 108 cm³/mol. The third-order valence-corrected chi connectivity index (χ3v) is 4.86. The summed E-state index contributed by atoms with van der Waals surface area (Å²) < 4.78 is 10.4. The maximum absolute atomic E-state index is 11.8. The first-order valence-electron chi connectivity index (χ1n) is 9.41. The van der Waals surface area contributed by atoms with Crippen molar-refractivity contribution >= 4 is 17.8 Å². The third kappa shape index (κ3) is 4.90. The summed E-state index contributed by atoms with van der Waals surface area (Å²) in [6.45, 7) is 6.23. The summed E-state index contributed by atoms with van der Waals surface area (Å²) in [6, 6.07) is 12.7. The molecule has 0 heterocycles. The number of hydrogen-bond donors (Lipinski definition) is 1. The molecule has 0 saturated carbocycles. The number of rotatable bonds is 5. The average Bonchev–Trinajstić information content (AvgIpc) is 2.68. The fourth-order valence-corrected chi connectivity index (χ4v) is 3.71. The highest BCUT2D eigenvalue weighted by molar-refractivity contribution is 5.87. The van der Waals surface area contributed by atoms with Crippen LogP contribution in [0.4, 0.5) is 0 Å². The molecule has 6 heteroatoms. The molecule has 1 aliphatic carbocycles. The molecule has 150 valence electrons. The molecule has 6 nitrogen and oxygen atoms in total. The Hall–Kier alpha value is -3.41. The van der Waals surface area contributed by atoms with E-state index in [1.165, 1.54) is 19.9 Å². The fourth-order valence-electron chi connectivity index (χ4n) is 3.71. The third-order valence-electron chi connectivity index (χ3n) is 4.86. The van der Waals surface area contributed by atoms with Crippen LogP contribution >= 0.6 is 0 Å². The van der Waals surface area contributed by atoms with Gasteiger partial charge in [0.2, 0.25) is 5.91 Å². The van der Waals surface area contributed by atoms with E-state index in [-0.39, 0.29) is 29.8 Å². The number of fused-ring (bicyclic) bond motifs is 1. The summed E-state index contributed by atoms with van der Waals surface area (Å²) in [5.74, 6) is 0.0284. The number of amides is 1. The Morgan fingerprint density at radius 3 is 2.17 bits per heavy atom. The van der Waals surface area contributed by atoms with E-state index in [4.69, 9.17) is 9.47 Å². The normalized spacial score (nSPS) is 17.6. The van der Waals surface area contributed by atoms with Gasteiger partial charge in [-0.3, -0.25) is 14.4 Å². The van der Waals surface area contributed by atoms with Gasteiger partial charge < -0.3 is 14.8 Å². The van der Waals surface area contributed by atoms with E-state index in [0.717, 1.165) is 29.5 Å². The lowest BCUT2D eigenvalue weighted by atomic mass is 9.76. The Kier molecular flexibility index (Phi) is 6.12. The number of nitrogens with one attached hydrogen (secondary N) is 1. The SMILES string of the molecule is C=CC(=O)N[C@@H]1CC[C@@H](c2ccc(OC(C)=O)cc2)c2cc(OC(C)=O)ccc21. The molecule has 0 fully saturated rings. The van der Waals surface area contributed by atoms with Gasteiger partial charge in [0.1, 0.15) is 11.5 Å². The predicted octanol–water partition coefficient (Wildman–Crippen LogP) is 3.81.